The van der Waals surface area contributed by atoms with Gasteiger partial charge in [0, 0.05) is 24.7 Å². The Morgan fingerprint density at radius 3 is 2.73 bits per heavy atom. The van der Waals surface area contributed by atoms with E-state index in [9.17, 15) is 12.8 Å². The van der Waals surface area contributed by atoms with Gasteiger partial charge in [-0.05, 0) is 25.1 Å². The molecular weight excluding hydrogens is 323 g/mol. The van der Waals surface area contributed by atoms with Crippen molar-refractivity contribution in [1.82, 2.24) is 9.88 Å². The van der Waals surface area contributed by atoms with Gasteiger partial charge in [-0.2, -0.15) is 0 Å². The third-order valence-corrected chi connectivity index (χ3v) is 5.02. The maximum absolute atomic E-state index is 13.5. The van der Waals surface area contributed by atoms with Gasteiger partial charge < -0.3 is 4.90 Å². The zero-order chi connectivity index (χ0) is 16.2. The Balaban J connectivity index is 1.87. The fourth-order valence-corrected chi connectivity index (χ4v) is 4.08. The molecule has 2 aromatic rings. The average molecular weight is 342 g/mol. The smallest absolute Gasteiger partial charge is 0.153 e. The molecular formula is C15H19FN2O2S2. The Morgan fingerprint density at radius 1 is 1.32 bits per heavy atom. The largest absolute Gasteiger partial charge is 0.300 e. The lowest BCUT2D eigenvalue weighted by molar-refractivity contribution is 0.326. The normalized spacial score (nSPS) is 12.0. The molecule has 0 unspecified atom stereocenters. The van der Waals surface area contributed by atoms with Gasteiger partial charge in [0.2, 0.25) is 0 Å². The summed E-state index contributed by atoms with van der Waals surface area (Å²) in [7, 11) is -1.11. The van der Waals surface area contributed by atoms with Crippen molar-refractivity contribution in [1.29, 1.82) is 0 Å². The van der Waals surface area contributed by atoms with Crippen LogP contribution in [0.4, 0.5) is 4.39 Å². The Morgan fingerprint density at radius 2 is 2.05 bits per heavy atom. The number of rotatable bonds is 7. The highest BCUT2D eigenvalue weighted by molar-refractivity contribution is 7.90. The average Bonchev–Trinajstić information content (AvgIpc) is 2.82. The summed E-state index contributed by atoms with van der Waals surface area (Å²) in [5.74, 6) is -0.198. The molecule has 0 spiro atoms. The molecule has 0 aliphatic carbocycles. The van der Waals surface area contributed by atoms with Crippen molar-refractivity contribution < 1.29 is 12.8 Å². The molecule has 0 saturated carbocycles. The van der Waals surface area contributed by atoms with Crippen LogP contribution >= 0.6 is 11.3 Å². The fourth-order valence-electron chi connectivity index (χ4n) is 2.08. The van der Waals surface area contributed by atoms with Crippen LogP contribution < -0.4 is 0 Å². The first-order valence-corrected chi connectivity index (χ1v) is 9.80. The molecule has 0 bridgehead atoms. The molecule has 0 fully saturated rings. The molecule has 0 atom stereocenters. The van der Waals surface area contributed by atoms with Crippen molar-refractivity contribution in [2.45, 2.75) is 18.7 Å². The first-order valence-electron chi connectivity index (χ1n) is 6.86. The van der Waals surface area contributed by atoms with Gasteiger partial charge in [-0.15, -0.1) is 11.3 Å². The van der Waals surface area contributed by atoms with Crippen LogP contribution in [0.25, 0.3) is 0 Å². The Bertz CT molecular complexity index is 729. The number of likely N-dealkylation sites (N-methyl/N-ethyl adjacent to an activating group) is 1. The van der Waals surface area contributed by atoms with Crippen molar-refractivity contribution in [2.24, 2.45) is 0 Å². The molecule has 120 valence electrons. The van der Waals surface area contributed by atoms with Gasteiger partial charge in [-0.1, -0.05) is 18.2 Å². The quantitative estimate of drug-likeness (QED) is 0.776. The van der Waals surface area contributed by atoms with Crippen molar-refractivity contribution in [2.75, 3.05) is 19.8 Å². The van der Waals surface area contributed by atoms with Crippen LogP contribution in [-0.2, 0) is 28.6 Å². The fraction of sp³-hybridized carbons (Fsp3) is 0.400. The Labute approximate surface area is 134 Å². The lowest BCUT2D eigenvalue weighted by atomic mass is 10.1. The number of nitrogens with zero attached hydrogens (tertiary/aromatic N) is 2. The number of halogens is 1. The molecule has 0 N–H and O–H groups in total. The second kappa shape index (κ2) is 7.30. The number of hydrogen-bond donors (Lipinski definition) is 0. The minimum absolute atomic E-state index is 0.0173. The number of hydrogen-bond acceptors (Lipinski definition) is 5. The van der Waals surface area contributed by atoms with E-state index in [1.807, 2.05) is 23.4 Å². The molecule has 0 amide bonds. The topological polar surface area (TPSA) is 50.3 Å². The second-order valence-electron chi connectivity index (χ2n) is 5.38. The van der Waals surface area contributed by atoms with E-state index in [4.69, 9.17) is 0 Å². The summed E-state index contributed by atoms with van der Waals surface area (Å²) in [4.78, 5) is 6.38. The van der Waals surface area contributed by atoms with Crippen LogP contribution in [0.5, 0.6) is 0 Å². The van der Waals surface area contributed by atoms with Crippen LogP contribution in [0.15, 0.2) is 29.6 Å². The van der Waals surface area contributed by atoms with Crippen LogP contribution in [0, 0.1) is 5.82 Å². The van der Waals surface area contributed by atoms with Gasteiger partial charge in [0.25, 0.3) is 0 Å². The molecule has 7 heteroatoms. The molecule has 4 nitrogen and oxygen atoms in total. The summed E-state index contributed by atoms with van der Waals surface area (Å²) < 4.78 is 36.0. The van der Waals surface area contributed by atoms with Gasteiger partial charge in [-0.3, -0.25) is 0 Å². The maximum Gasteiger partial charge on any atom is 0.153 e. The van der Waals surface area contributed by atoms with E-state index >= 15 is 0 Å². The molecule has 1 aromatic heterocycles. The van der Waals surface area contributed by atoms with Crippen molar-refractivity contribution in [3.63, 3.8) is 0 Å². The predicted octanol–water partition coefficient (Wildman–Crippen LogP) is 2.50. The lowest BCUT2D eigenvalue weighted by Crippen LogP contribution is -2.21. The van der Waals surface area contributed by atoms with E-state index in [-0.39, 0.29) is 11.6 Å². The molecule has 0 aliphatic heterocycles. The van der Waals surface area contributed by atoms with Crippen LogP contribution in [-0.4, -0.2) is 38.1 Å². The van der Waals surface area contributed by atoms with Crippen molar-refractivity contribution in [3.8, 4) is 0 Å². The maximum atomic E-state index is 13.5. The number of benzene rings is 1. The minimum atomic E-state index is -3.05. The monoisotopic (exact) mass is 342 g/mol. The van der Waals surface area contributed by atoms with Crippen LogP contribution in [0.2, 0.25) is 0 Å². The van der Waals surface area contributed by atoms with Crippen molar-refractivity contribution >= 4 is 21.2 Å². The van der Waals surface area contributed by atoms with Crippen molar-refractivity contribution in [3.05, 3.63) is 51.7 Å². The number of thiazole rings is 1. The molecule has 1 aromatic carbocycles. The van der Waals surface area contributed by atoms with Crippen LogP contribution in [0.1, 0.15) is 16.3 Å². The molecule has 0 saturated heterocycles. The highest BCUT2D eigenvalue weighted by atomic mass is 32.2. The zero-order valence-corrected chi connectivity index (χ0v) is 14.3. The first kappa shape index (κ1) is 17.1. The Hall–Kier alpha value is -1.31. The summed E-state index contributed by atoms with van der Waals surface area (Å²) in [6.07, 6.45) is 1.83. The third kappa shape index (κ3) is 5.47. The van der Waals surface area contributed by atoms with Gasteiger partial charge in [0.1, 0.15) is 16.6 Å². The number of aromatic nitrogens is 1. The SMILES string of the molecule is CN(CCc1ccccc1F)Cc1csc(CS(C)(=O)=O)n1. The van der Waals surface area contributed by atoms with E-state index < -0.39 is 9.84 Å². The van der Waals surface area contributed by atoms with Gasteiger partial charge in [0.15, 0.2) is 9.84 Å². The summed E-state index contributed by atoms with van der Waals surface area (Å²) >= 11 is 1.36. The van der Waals surface area contributed by atoms with Crippen LogP contribution in [0.3, 0.4) is 0 Å². The highest BCUT2D eigenvalue weighted by Gasteiger charge is 2.11. The predicted molar refractivity (Wildman–Crippen MR) is 87.1 cm³/mol. The second-order valence-corrected chi connectivity index (χ2v) is 8.46. The Kier molecular flexibility index (Phi) is 5.66. The van der Waals surface area contributed by atoms with E-state index in [1.54, 1.807) is 12.1 Å². The zero-order valence-electron chi connectivity index (χ0n) is 12.6. The lowest BCUT2D eigenvalue weighted by Gasteiger charge is -2.15. The van der Waals surface area contributed by atoms with Gasteiger partial charge in [-0.25, -0.2) is 17.8 Å². The highest BCUT2D eigenvalue weighted by Crippen LogP contribution is 2.14. The summed E-state index contributed by atoms with van der Waals surface area (Å²) in [6.45, 7) is 1.33. The minimum Gasteiger partial charge on any atom is -0.300 e. The molecule has 0 aliphatic rings. The third-order valence-electron chi connectivity index (χ3n) is 3.14. The summed E-state index contributed by atoms with van der Waals surface area (Å²) in [5.41, 5.74) is 1.55. The molecule has 22 heavy (non-hydrogen) atoms. The standard InChI is InChI=1S/C15H19FN2O2S2/c1-18(8-7-12-5-3-4-6-14(12)16)9-13-10-21-15(17-13)11-22(2,19)20/h3-6,10H,7-9,11H2,1-2H3. The summed E-state index contributed by atoms with van der Waals surface area (Å²) in [5, 5.41) is 2.49. The number of sulfone groups is 1. The van der Waals surface area contributed by atoms with Gasteiger partial charge in [0.05, 0.1) is 5.69 Å². The van der Waals surface area contributed by atoms with Gasteiger partial charge >= 0.3 is 0 Å². The van der Waals surface area contributed by atoms with E-state index in [0.717, 1.165) is 5.69 Å². The van der Waals surface area contributed by atoms with E-state index in [2.05, 4.69) is 4.98 Å². The van der Waals surface area contributed by atoms with E-state index in [1.165, 1.54) is 23.7 Å². The summed E-state index contributed by atoms with van der Waals surface area (Å²) in [6, 6.07) is 6.76. The van der Waals surface area contributed by atoms with E-state index in [0.29, 0.717) is 30.1 Å². The first-order chi connectivity index (χ1) is 10.3. The molecule has 0 radical (unpaired) electrons. The molecule has 2 rings (SSSR count). The molecule has 1 heterocycles.